The zero-order valence-corrected chi connectivity index (χ0v) is 20.1. The minimum absolute atomic E-state index is 0.00210. The van der Waals surface area contributed by atoms with Crippen LogP contribution in [0.4, 0.5) is 0 Å². The molecular formula is C26H38O5S. The Labute approximate surface area is 193 Å². The van der Waals surface area contributed by atoms with Gasteiger partial charge in [0.15, 0.2) is 11.5 Å². The summed E-state index contributed by atoms with van der Waals surface area (Å²) in [5.41, 5.74) is 0.414. The molecule has 0 fully saturated rings. The third-order valence-electron chi connectivity index (χ3n) is 5.69. The van der Waals surface area contributed by atoms with Crippen LogP contribution in [0.2, 0.25) is 0 Å². The number of ether oxygens (including phenoxy) is 1. The van der Waals surface area contributed by atoms with E-state index in [9.17, 15) is 18.1 Å². The number of aryl methyl sites for hydroxylation is 1. The van der Waals surface area contributed by atoms with E-state index in [1.807, 2.05) is 6.07 Å². The third kappa shape index (κ3) is 9.61. The van der Waals surface area contributed by atoms with E-state index in [-0.39, 0.29) is 16.4 Å². The average molecular weight is 463 g/mol. The summed E-state index contributed by atoms with van der Waals surface area (Å²) in [7, 11) is -4.42. The molecule has 0 aliphatic carbocycles. The maximum Gasteiger partial charge on any atom is 0.294 e. The molecule has 0 unspecified atom stereocenters. The Balaban J connectivity index is 1.79. The van der Waals surface area contributed by atoms with Crippen LogP contribution in [0.5, 0.6) is 17.2 Å². The maximum atomic E-state index is 11.9. The first-order valence-electron chi connectivity index (χ1n) is 12.0. The molecule has 0 saturated carbocycles. The van der Waals surface area contributed by atoms with Crippen molar-refractivity contribution in [2.75, 3.05) is 0 Å². The smallest absolute Gasteiger partial charge is 0.294 e. The van der Waals surface area contributed by atoms with Gasteiger partial charge in [-0.25, -0.2) is 0 Å². The Morgan fingerprint density at radius 3 is 1.84 bits per heavy atom. The molecule has 0 aromatic heterocycles. The lowest BCUT2D eigenvalue weighted by molar-refractivity contribution is 0.408. The number of aromatic hydroxyl groups is 1. The minimum Gasteiger partial charge on any atom is -0.504 e. The molecule has 178 valence electrons. The fourth-order valence-electron chi connectivity index (χ4n) is 3.88. The van der Waals surface area contributed by atoms with Gasteiger partial charge in [0, 0.05) is 6.07 Å². The SMILES string of the molecule is CCCCCCCCCCCCCCc1cc(O)c(Oc2ccccc2)cc1S(=O)(=O)O. The molecule has 0 aliphatic rings. The molecule has 6 heteroatoms. The van der Waals surface area contributed by atoms with Gasteiger partial charge in [-0.1, -0.05) is 95.8 Å². The molecule has 2 aromatic carbocycles. The van der Waals surface area contributed by atoms with Gasteiger partial charge in [-0.3, -0.25) is 4.55 Å². The first-order chi connectivity index (χ1) is 15.4. The highest BCUT2D eigenvalue weighted by molar-refractivity contribution is 7.85. The fraction of sp³-hybridized carbons (Fsp3) is 0.538. The normalized spacial score (nSPS) is 11.6. The Hall–Kier alpha value is -2.05. The second-order valence-electron chi connectivity index (χ2n) is 8.46. The Morgan fingerprint density at radius 2 is 1.31 bits per heavy atom. The molecule has 0 saturated heterocycles. The van der Waals surface area contributed by atoms with Crippen molar-refractivity contribution in [3.8, 4) is 17.2 Å². The molecular weight excluding hydrogens is 424 g/mol. The van der Waals surface area contributed by atoms with E-state index >= 15 is 0 Å². The van der Waals surface area contributed by atoms with E-state index in [1.54, 1.807) is 24.3 Å². The molecule has 0 aliphatic heterocycles. The van der Waals surface area contributed by atoms with Crippen molar-refractivity contribution in [2.24, 2.45) is 0 Å². The van der Waals surface area contributed by atoms with E-state index in [2.05, 4.69) is 6.92 Å². The van der Waals surface area contributed by atoms with Crippen LogP contribution < -0.4 is 4.74 Å². The molecule has 0 bridgehead atoms. The molecule has 0 radical (unpaired) electrons. The molecule has 2 aromatic rings. The molecule has 0 spiro atoms. The van der Waals surface area contributed by atoms with Gasteiger partial charge in [0.1, 0.15) is 10.6 Å². The van der Waals surface area contributed by atoms with E-state index in [0.29, 0.717) is 17.7 Å². The van der Waals surface area contributed by atoms with Crippen LogP contribution in [0, 0.1) is 0 Å². The summed E-state index contributed by atoms with van der Waals surface area (Å²) in [5, 5.41) is 10.3. The van der Waals surface area contributed by atoms with Crippen molar-refractivity contribution in [1.82, 2.24) is 0 Å². The largest absolute Gasteiger partial charge is 0.504 e. The van der Waals surface area contributed by atoms with Gasteiger partial charge in [-0.15, -0.1) is 0 Å². The lowest BCUT2D eigenvalue weighted by Crippen LogP contribution is -2.04. The summed E-state index contributed by atoms with van der Waals surface area (Å²) in [4.78, 5) is -0.204. The summed E-state index contributed by atoms with van der Waals surface area (Å²) in [6, 6.07) is 11.4. The number of hydrogen-bond acceptors (Lipinski definition) is 4. The minimum atomic E-state index is -4.42. The van der Waals surface area contributed by atoms with Gasteiger partial charge in [-0.2, -0.15) is 8.42 Å². The average Bonchev–Trinajstić information content (AvgIpc) is 2.76. The number of phenols is 1. The number of benzene rings is 2. The lowest BCUT2D eigenvalue weighted by atomic mass is 10.0. The van der Waals surface area contributed by atoms with Crippen LogP contribution in [0.1, 0.15) is 89.5 Å². The number of rotatable bonds is 16. The van der Waals surface area contributed by atoms with Gasteiger partial charge in [0.05, 0.1) is 0 Å². The Morgan fingerprint density at radius 1 is 0.781 bits per heavy atom. The first-order valence-corrected chi connectivity index (χ1v) is 13.4. The lowest BCUT2D eigenvalue weighted by Gasteiger charge is -2.13. The van der Waals surface area contributed by atoms with E-state index in [4.69, 9.17) is 4.74 Å². The Bertz CT molecular complexity index is 894. The standard InChI is InChI=1S/C26H38O5S/c1-2-3-4-5-6-7-8-9-10-11-12-14-17-22-20-24(27)25(21-26(22)32(28,29)30)31-23-18-15-13-16-19-23/h13,15-16,18-21,27H,2-12,14,17H2,1H3,(H,28,29,30). The maximum absolute atomic E-state index is 11.9. The highest BCUT2D eigenvalue weighted by Crippen LogP contribution is 2.35. The van der Waals surface area contributed by atoms with Crippen LogP contribution in [-0.4, -0.2) is 18.1 Å². The molecule has 32 heavy (non-hydrogen) atoms. The monoisotopic (exact) mass is 462 g/mol. The molecule has 0 amide bonds. The van der Waals surface area contributed by atoms with Crippen molar-refractivity contribution in [2.45, 2.75) is 95.3 Å². The van der Waals surface area contributed by atoms with Crippen molar-refractivity contribution < 1.29 is 22.8 Å². The Kier molecular flexibility index (Phi) is 11.6. The molecule has 0 atom stereocenters. The zero-order valence-electron chi connectivity index (χ0n) is 19.3. The number of unbranched alkanes of at least 4 members (excludes halogenated alkanes) is 11. The van der Waals surface area contributed by atoms with Gasteiger partial charge in [-0.05, 0) is 36.6 Å². The molecule has 2 rings (SSSR count). The number of hydrogen-bond donors (Lipinski definition) is 2. The second-order valence-corrected chi connectivity index (χ2v) is 9.85. The molecule has 5 nitrogen and oxygen atoms in total. The zero-order chi connectivity index (χ0) is 23.2. The van der Waals surface area contributed by atoms with Crippen molar-refractivity contribution in [3.63, 3.8) is 0 Å². The fourth-order valence-corrected chi connectivity index (χ4v) is 4.63. The summed E-state index contributed by atoms with van der Waals surface area (Å²) in [5.74, 6) is 0.329. The van der Waals surface area contributed by atoms with Gasteiger partial charge < -0.3 is 9.84 Å². The summed E-state index contributed by atoms with van der Waals surface area (Å²) in [6.07, 6.45) is 15.1. The topological polar surface area (TPSA) is 83.8 Å². The van der Waals surface area contributed by atoms with E-state index < -0.39 is 10.1 Å². The van der Waals surface area contributed by atoms with Crippen molar-refractivity contribution in [1.29, 1.82) is 0 Å². The van der Waals surface area contributed by atoms with Crippen LogP contribution in [-0.2, 0) is 16.5 Å². The molecule has 2 N–H and O–H groups in total. The van der Waals surface area contributed by atoms with Gasteiger partial charge in [0.25, 0.3) is 10.1 Å². The van der Waals surface area contributed by atoms with Crippen LogP contribution >= 0.6 is 0 Å². The highest BCUT2D eigenvalue weighted by atomic mass is 32.2. The van der Waals surface area contributed by atoms with E-state index in [1.165, 1.54) is 69.9 Å². The summed E-state index contributed by atoms with van der Waals surface area (Å²) < 4.78 is 39.1. The van der Waals surface area contributed by atoms with Gasteiger partial charge in [0.2, 0.25) is 0 Å². The van der Waals surface area contributed by atoms with Crippen LogP contribution in [0.3, 0.4) is 0 Å². The van der Waals surface area contributed by atoms with E-state index in [0.717, 1.165) is 19.3 Å². The molecule has 0 heterocycles. The quantitative estimate of drug-likeness (QED) is 0.197. The summed E-state index contributed by atoms with van der Waals surface area (Å²) in [6.45, 7) is 2.24. The predicted octanol–water partition coefficient (Wildman–Crippen LogP) is 7.67. The van der Waals surface area contributed by atoms with Crippen molar-refractivity contribution >= 4 is 10.1 Å². The first kappa shape index (κ1) is 26.2. The third-order valence-corrected chi connectivity index (χ3v) is 6.63. The number of para-hydroxylation sites is 1. The van der Waals surface area contributed by atoms with Gasteiger partial charge >= 0.3 is 0 Å². The van der Waals surface area contributed by atoms with Crippen molar-refractivity contribution in [3.05, 3.63) is 48.0 Å². The number of phenolic OH excluding ortho intramolecular Hbond substituents is 1. The van der Waals surface area contributed by atoms with Crippen LogP contribution in [0.25, 0.3) is 0 Å². The highest BCUT2D eigenvalue weighted by Gasteiger charge is 2.20. The summed E-state index contributed by atoms with van der Waals surface area (Å²) >= 11 is 0. The second kappa shape index (κ2) is 14.2. The van der Waals surface area contributed by atoms with Crippen LogP contribution in [0.15, 0.2) is 47.4 Å². The predicted molar refractivity (Wildman–Crippen MR) is 129 cm³/mol.